The molecule has 1 fully saturated rings. The van der Waals surface area contributed by atoms with E-state index in [1.807, 2.05) is 32.9 Å². The van der Waals surface area contributed by atoms with Crippen LogP contribution in [0.25, 0.3) is 0 Å². The van der Waals surface area contributed by atoms with Gasteiger partial charge in [0.2, 0.25) is 0 Å². The summed E-state index contributed by atoms with van der Waals surface area (Å²) in [5, 5.41) is 9.36. The molecular weight excluding hydrogens is 266 g/mol. The van der Waals surface area contributed by atoms with Gasteiger partial charge in [-0.1, -0.05) is 12.1 Å². The van der Waals surface area contributed by atoms with Gasteiger partial charge in [-0.25, -0.2) is 4.79 Å². The Morgan fingerprint density at radius 3 is 2.38 bits per heavy atom. The van der Waals surface area contributed by atoms with Crippen molar-refractivity contribution >= 4 is 6.09 Å². The molecule has 0 radical (unpaired) electrons. The zero-order valence-corrected chi connectivity index (χ0v) is 13.3. The molecule has 0 spiro atoms. The first-order valence-electron chi connectivity index (χ1n) is 7.54. The molecule has 1 unspecified atom stereocenters. The summed E-state index contributed by atoms with van der Waals surface area (Å²) in [4.78, 5) is 14.3. The van der Waals surface area contributed by atoms with Crippen molar-refractivity contribution in [1.82, 2.24) is 4.90 Å². The van der Waals surface area contributed by atoms with Gasteiger partial charge in [0, 0.05) is 12.6 Å². The number of ether oxygens (including phenoxy) is 1. The van der Waals surface area contributed by atoms with E-state index in [9.17, 15) is 9.90 Å². The van der Waals surface area contributed by atoms with Gasteiger partial charge in [0.1, 0.15) is 11.4 Å². The van der Waals surface area contributed by atoms with Crippen LogP contribution in [0.1, 0.15) is 46.1 Å². The molecule has 1 atom stereocenters. The molecule has 1 saturated carbocycles. The summed E-state index contributed by atoms with van der Waals surface area (Å²) in [5.74, 6) is 0.812. The van der Waals surface area contributed by atoms with Crippen LogP contribution in [0.15, 0.2) is 24.3 Å². The number of carbonyl (C=O) groups excluding carboxylic acids is 1. The van der Waals surface area contributed by atoms with Gasteiger partial charge in [-0.2, -0.15) is 0 Å². The first-order valence-corrected chi connectivity index (χ1v) is 7.54. The lowest BCUT2D eigenvalue weighted by molar-refractivity contribution is 0.0134. The second-order valence-corrected chi connectivity index (χ2v) is 6.85. The highest BCUT2D eigenvalue weighted by Gasteiger charge is 2.36. The minimum absolute atomic E-state index is 0.175. The minimum Gasteiger partial charge on any atom is -0.508 e. The number of phenolic OH excluding ortho intramolecular Hbond substituents is 1. The number of aromatic hydroxyl groups is 1. The van der Waals surface area contributed by atoms with Crippen LogP contribution in [0, 0.1) is 5.92 Å². The molecule has 1 aromatic rings. The number of amides is 1. The topological polar surface area (TPSA) is 49.8 Å². The molecule has 1 amide bonds. The van der Waals surface area contributed by atoms with Crippen LogP contribution in [0.2, 0.25) is 0 Å². The van der Waals surface area contributed by atoms with E-state index in [1.165, 1.54) is 12.8 Å². The molecule has 1 aliphatic carbocycles. The Labute approximate surface area is 126 Å². The predicted molar refractivity (Wildman–Crippen MR) is 82.1 cm³/mol. The van der Waals surface area contributed by atoms with Crippen molar-refractivity contribution in [2.75, 3.05) is 0 Å². The molecule has 21 heavy (non-hydrogen) atoms. The fourth-order valence-corrected chi connectivity index (χ4v) is 2.33. The van der Waals surface area contributed by atoms with Gasteiger partial charge in [-0.05, 0) is 64.2 Å². The molecule has 4 heteroatoms. The van der Waals surface area contributed by atoms with Gasteiger partial charge >= 0.3 is 6.09 Å². The van der Waals surface area contributed by atoms with E-state index in [-0.39, 0.29) is 17.9 Å². The molecule has 0 aromatic heterocycles. The van der Waals surface area contributed by atoms with E-state index in [0.717, 1.165) is 5.56 Å². The van der Waals surface area contributed by atoms with Crippen LogP contribution < -0.4 is 0 Å². The summed E-state index contributed by atoms with van der Waals surface area (Å²) in [5.41, 5.74) is 0.499. The average Bonchev–Trinajstić information content (AvgIpc) is 3.19. The molecule has 1 aromatic carbocycles. The average molecular weight is 291 g/mol. The van der Waals surface area contributed by atoms with Crippen LogP contribution in [-0.2, 0) is 11.3 Å². The lowest BCUT2D eigenvalue weighted by Crippen LogP contribution is -2.42. The van der Waals surface area contributed by atoms with E-state index in [4.69, 9.17) is 4.74 Å². The summed E-state index contributed by atoms with van der Waals surface area (Å²) < 4.78 is 5.53. The zero-order valence-electron chi connectivity index (χ0n) is 13.3. The summed E-state index contributed by atoms with van der Waals surface area (Å²) in [7, 11) is 0. The molecule has 1 aliphatic rings. The van der Waals surface area contributed by atoms with E-state index >= 15 is 0 Å². The second-order valence-electron chi connectivity index (χ2n) is 6.85. The van der Waals surface area contributed by atoms with E-state index in [0.29, 0.717) is 12.5 Å². The highest BCUT2D eigenvalue weighted by Crippen LogP contribution is 2.36. The standard InChI is InChI=1S/C17H25NO3/c1-12(14-7-8-14)18(16(20)21-17(2,3)4)11-13-5-9-15(19)10-6-13/h5-6,9-10,12,14,19H,7-8,11H2,1-4H3. The normalized spacial score (nSPS) is 16.4. The van der Waals surface area contributed by atoms with E-state index < -0.39 is 5.60 Å². The van der Waals surface area contributed by atoms with Crippen molar-refractivity contribution in [2.45, 2.75) is 58.7 Å². The Kier molecular flexibility index (Phi) is 4.45. The summed E-state index contributed by atoms with van der Waals surface area (Å²) >= 11 is 0. The molecule has 4 nitrogen and oxygen atoms in total. The summed E-state index contributed by atoms with van der Waals surface area (Å²) in [6.45, 7) is 8.23. The van der Waals surface area contributed by atoms with E-state index in [2.05, 4.69) is 6.92 Å². The lowest BCUT2D eigenvalue weighted by Gasteiger charge is -2.32. The van der Waals surface area contributed by atoms with Gasteiger partial charge in [-0.3, -0.25) is 0 Å². The van der Waals surface area contributed by atoms with Crippen molar-refractivity contribution in [1.29, 1.82) is 0 Å². The molecule has 1 N–H and O–H groups in total. The number of nitrogens with zero attached hydrogens (tertiary/aromatic N) is 1. The fourth-order valence-electron chi connectivity index (χ4n) is 2.33. The maximum atomic E-state index is 12.5. The van der Waals surface area contributed by atoms with Gasteiger partial charge in [0.25, 0.3) is 0 Å². The quantitative estimate of drug-likeness (QED) is 0.914. The van der Waals surface area contributed by atoms with Crippen LogP contribution in [0.4, 0.5) is 4.79 Å². The van der Waals surface area contributed by atoms with E-state index in [1.54, 1.807) is 17.0 Å². The number of benzene rings is 1. The lowest BCUT2D eigenvalue weighted by atomic mass is 10.1. The highest BCUT2D eigenvalue weighted by molar-refractivity contribution is 5.68. The molecule has 2 rings (SSSR count). The number of phenols is 1. The molecular formula is C17H25NO3. The number of carbonyl (C=O) groups is 1. The predicted octanol–water partition coefficient (Wildman–Crippen LogP) is 3.93. The third-order valence-electron chi connectivity index (χ3n) is 3.71. The van der Waals surface area contributed by atoms with Crippen LogP contribution >= 0.6 is 0 Å². The largest absolute Gasteiger partial charge is 0.508 e. The van der Waals surface area contributed by atoms with Crippen LogP contribution in [0.5, 0.6) is 5.75 Å². The van der Waals surface area contributed by atoms with Crippen molar-refractivity contribution < 1.29 is 14.6 Å². The first kappa shape index (κ1) is 15.7. The summed E-state index contributed by atoms with van der Waals surface area (Å²) in [6.07, 6.45) is 2.08. The zero-order chi connectivity index (χ0) is 15.6. The number of hydrogen-bond donors (Lipinski definition) is 1. The monoisotopic (exact) mass is 291 g/mol. The second kappa shape index (κ2) is 5.96. The Morgan fingerprint density at radius 1 is 1.33 bits per heavy atom. The fraction of sp³-hybridized carbons (Fsp3) is 0.588. The van der Waals surface area contributed by atoms with Gasteiger partial charge < -0.3 is 14.7 Å². The maximum absolute atomic E-state index is 12.5. The van der Waals surface area contributed by atoms with Crippen molar-refractivity contribution in [3.05, 3.63) is 29.8 Å². The maximum Gasteiger partial charge on any atom is 0.410 e. The molecule has 0 heterocycles. The molecule has 116 valence electrons. The SMILES string of the molecule is CC(C1CC1)N(Cc1ccc(O)cc1)C(=O)OC(C)(C)C. The van der Waals surface area contributed by atoms with Crippen molar-refractivity contribution in [3.8, 4) is 5.75 Å². The summed E-state index contributed by atoms with van der Waals surface area (Å²) in [6, 6.07) is 7.14. The van der Waals surface area contributed by atoms with Gasteiger partial charge in [0.15, 0.2) is 0 Å². The third-order valence-corrected chi connectivity index (χ3v) is 3.71. The van der Waals surface area contributed by atoms with Crippen LogP contribution in [0.3, 0.4) is 0 Å². The first-order chi connectivity index (χ1) is 9.76. The highest BCUT2D eigenvalue weighted by atomic mass is 16.6. The Hall–Kier alpha value is -1.71. The smallest absolute Gasteiger partial charge is 0.410 e. The Bertz CT molecular complexity index is 486. The number of rotatable bonds is 4. The van der Waals surface area contributed by atoms with Gasteiger partial charge in [0.05, 0.1) is 0 Å². The van der Waals surface area contributed by atoms with Crippen molar-refractivity contribution in [3.63, 3.8) is 0 Å². The van der Waals surface area contributed by atoms with Gasteiger partial charge in [-0.15, -0.1) is 0 Å². The molecule has 0 saturated heterocycles. The molecule has 0 aliphatic heterocycles. The van der Waals surface area contributed by atoms with Crippen LogP contribution in [-0.4, -0.2) is 27.7 Å². The Balaban J connectivity index is 2.11. The third kappa shape index (κ3) is 4.66. The Morgan fingerprint density at radius 2 is 1.90 bits per heavy atom. The molecule has 0 bridgehead atoms. The number of hydrogen-bond acceptors (Lipinski definition) is 3. The van der Waals surface area contributed by atoms with Crippen molar-refractivity contribution in [2.24, 2.45) is 5.92 Å². The minimum atomic E-state index is -0.492.